The lowest BCUT2D eigenvalue weighted by Gasteiger charge is -2.10. The Morgan fingerprint density at radius 2 is 1.83 bits per heavy atom. The molecule has 174 valence electrons. The number of carbonyl (C=O) groups excluding carboxylic acids is 1. The maximum absolute atomic E-state index is 12.9. The van der Waals surface area contributed by atoms with Gasteiger partial charge in [0.2, 0.25) is 0 Å². The number of aryl methyl sites for hydroxylation is 3. The van der Waals surface area contributed by atoms with Gasteiger partial charge in [0.1, 0.15) is 5.69 Å². The van der Waals surface area contributed by atoms with Gasteiger partial charge in [-0.3, -0.25) is 9.48 Å². The summed E-state index contributed by atoms with van der Waals surface area (Å²) in [5.74, 6) is -0.214. The van der Waals surface area contributed by atoms with Gasteiger partial charge in [0.15, 0.2) is 0 Å². The van der Waals surface area contributed by atoms with Crippen LogP contribution in [0.2, 0.25) is 0 Å². The number of nitrogens with one attached hydrogen (secondary N) is 1. The predicted molar refractivity (Wildman–Crippen MR) is 142 cm³/mol. The summed E-state index contributed by atoms with van der Waals surface area (Å²) >= 11 is 1.64. The van der Waals surface area contributed by atoms with Gasteiger partial charge in [0.25, 0.3) is 5.91 Å². The number of rotatable bonds is 7. The third-order valence-electron chi connectivity index (χ3n) is 5.80. The Morgan fingerprint density at radius 1 is 1.00 bits per heavy atom. The minimum atomic E-state index is -0.214. The average molecular weight is 480 g/mol. The van der Waals surface area contributed by atoms with Crippen LogP contribution >= 0.6 is 11.3 Å². The summed E-state index contributed by atoms with van der Waals surface area (Å²) in [6.45, 7) is 2.85. The lowest BCUT2D eigenvalue weighted by atomic mass is 10.1. The van der Waals surface area contributed by atoms with E-state index in [1.807, 2.05) is 58.7 Å². The van der Waals surface area contributed by atoms with Crippen molar-refractivity contribution in [1.29, 1.82) is 0 Å². The van der Waals surface area contributed by atoms with Crippen LogP contribution in [0.4, 0.5) is 11.4 Å². The van der Waals surface area contributed by atoms with Gasteiger partial charge in [-0.1, -0.05) is 59.3 Å². The van der Waals surface area contributed by atoms with Crippen LogP contribution in [-0.4, -0.2) is 20.9 Å². The second kappa shape index (κ2) is 9.95. The van der Waals surface area contributed by atoms with Crippen molar-refractivity contribution in [2.75, 3.05) is 11.1 Å². The number of thiophene rings is 1. The maximum atomic E-state index is 12.9. The van der Waals surface area contributed by atoms with E-state index in [2.05, 4.69) is 46.8 Å². The van der Waals surface area contributed by atoms with E-state index in [0.717, 1.165) is 34.7 Å². The number of nitrogens with two attached hydrogens (primary N) is 1. The molecule has 0 atom stereocenters. The molecule has 0 aliphatic carbocycles. The second-order valence-electron chi connectivity index (χ2n) is 8.42. The minimum Gasteiger partial charge on any atom is -0.397 e. The van der Waals surface area contributed by atoms with Crippen molar-refractivity contribution in [2.24, 2.45) is 0 Å². The molecule has 6 nitrogen and oxygen atoms in total. The van der Waals surface area contributed by atoms with E-state index in [-0.39, 0.29) is 5.91 Å². The average Bonchev–Trinajstić information content (AvgIpc) is 3.57. The van der Waals surface area contributed by atoms with Crippen LogP contribution in [0.15, 0.2) is 90.4 Å². The smallest absolute Gasteiger partial charge is 0.255 e. The lowest BCUT2D eigenvalue weighted by Crippen LogP contribution is -2.13. The molecule has 5 rings (SSSR count). The minimum absolute atomic E-state index is 0.214. The van der Waals surface area contributed by atoms with Gasteiger partial charge in [-0.05, 0) is 60.2 Å². The number of aromatic nitrogens is 3. The zero-order valence-electron chi connectivity index (χ0n) is 19.3. The number of amides is 1. The maximum Gasteiger partial charge on any atom is 0.255 e. The zero-order chi connectivity index (χ0) is 24.2. The molecule has 1 amide bonds. The molecule has 5 aromatic rings. The summed E-state index contributed by atoms with van der Waals surface area (Å²) < 4.78 is 1.85. The highest BCUT2D eigenvalue weighted by Crippen LogP contribution is 2.30. The highest BCUT2D eigenvalue weighted by Gasteiger charge is 2.11. The van der Waals surface area contributed by atoms with Crippen molar-refractivity contribution in [1.82, 2.24) is 15.0 Å². The molecule has 0 radical (unpaired) electrons. The van der Waals surface area contributed by atoms with Gasteiger partial charge < -0.3 is 11.1 Å². The highest BCUT2D eigenvalue weighted by atomic mass is 32.1. The molecule has 7 heteroatoms. The van der Waals surface area contributed by atoms with E-state index in [4.69, 9.17) is 5.73 Å². The standard InChI is InChI=1S/C28H25N5OS/c1-19-4-2-5-20(16-19)13-14-33-18-26(31-32-33)21-7-9-22(10-8-21)28(34)30-25-17-23(11-12-24(25)29)27-6-3-15-35-27/h2-12,15-18H,13-14,29H2,1H3,(H,30,34). The monoisotopic (exact) mass is 479 g/mol. The Balaban J connectivity index is 1.25. The number of hydrogen-bond donors (Lipinski definition) is 2. The van der Waals surface area contributed by atoms with Gasteiger partial charge in [-0.15, -0.1) is 16.4 Å². The molecule has 2 heterocycles. The Morgan fingerprint density at radius 3 is 2.60 bits per heavy atom. The van der Waals surface area contributed by atoms with Crippen LogP contribution in [-0.2, 0) is 13.0 Å². The summed E-state index contributed by atoms with van der Waals surface area (Å²) in [7, 11) is 0. The highest BCUT2D eigenvalue weighted by molar-refractivity contribution is 7.13. The fourth-order valence-electron chi connectivity index (χ4n) is 3.90. The van der Waals surface area contributed by atoms with Crippen molar-refractivity contribution >= 4 is 28.6 Å². The molecule has 0 fully saturated rings. The van der Waals surface area contributed by atoms with Crippen LogP contribution in [0.5, 0.6) is 0 Å². The Kier molecular flexibility index (Phi) is 6.41. The Labute approximate surface area is 208 Å². The fourth-order valence-corrected chi connectivity index (χ4v) is 4.62. The van der Waals surface area contributed by atoms with E-state index >= 15 is 0 Å². The largest absolute Gasteiger partial charge is 0.397 e. The molecule has 0 saturated heterocycles. The molecule has 0 aliphatic heterocycles. The first-order valence-electron chi connectivity index (χ1n) is 11.4. The zero-order valence-corrected chi connectivity index (χ0v) is 20.1. The van der Waals surface area contributed by atoms with Gasteiger partial charge in [0, 0.05) is 22.5 Å². The lowest BCUT2D eigenvalue weighted by molar-refractivity contribution is 0.102. The van der Waals surface area contributed by atoms with Gasteiger partial charge in [-0.25, -0.2) is 0 Å². The first-order chi connectivity index (χ1) is 17.0. The van der Waals surface area contributed by atoms with Gasteiger partial charge in [0.05, 0.1) is 17.6 Å². The number of anilines is 2. The molecule has 0 aliphatic rings. The summed E-state index contributed by atoms with van der Waals surface area (Å²) in [6, 6.07) is 25.5. The van der Waals surface area contributed by atoms with E-state index in [0.29, 0.717) is 16.9 Å². The van der Waals surface area contributed by atoms with Crippen LogP contribution in [0.1, 0.15) is 21.5 Å². The number of hydrogen-bond acceptors (Lipinski definition) is 5. The Bertz CT molecular complexity index is 1460. The van der Waals surface area contributed by atoms with Crippen molar-refractivity contribution < 1.29 is 4.79 Å². The first-order valence-corrected chi connectivity index (χ1v) is 12.2. The molecule has 2 aromatic heterocycles. The quantitative estimate of drug-likeness (QED) is 0.278. The van der Waals surface area contributed by atoms with Gasteiger partial charge in [-0.2, -0.15) is 0 Å². The molecular formula is C28H25N5OS. The van der Waals surface area contributed by atoms with E-state index in [9.17, 15) is 4.79 Å². The van der Waals surface area contributed by atoms with Crippen molar-refractivity contribution in [3.63, 3.8) is 0 Å². The molecule has 0 spiro atoms. The van der Waals surface area contributed by atoms with Crippen molar-refractivity contribution in [2.45, 2.75) is 19.9 Å². The van der Waals surface area contributed by atoms with Crippen LogP contribution in [0.25, 0.3) is 21.7 Å². The molecule has 35 heavy (non-hydrogen) atoms. The third-order valence-corrected chi connectivity index (χ3v) is 6.72. The van der Waals surface area contributed by atoms with Crippen LogP contribution in [0, 0.1) is 6.92 Å². The van der Waals surface area contributed by atoms with Gasteiger partial charge >= 0.3 is 0 Å². The number of nitrogen functional groups attached to an aromatic ring is 1. The molecular weight excluding hydrogens is 454 g/mol. The molecule has 0 saturated carbocycles. The van der Waals surface area contributed by atoms with E-state index < -0.39 is 0 Å². The number of nitrogens with zero attached hydrogens (tertiary/aromatic N) is 3. The number of benzene rings is 3. The SMILES string of the molecule is Cc1cccc(CCn2cc(-c3ccc(C(=O)Nc4cc(-c5cccs5)ccc4N)cc3)nn2)c1. The Hall–Kier alpha value is -4.23. The summed E-state index contributed by atoms with van der Waals surface area (Å²) in [4.78, 5) is 14.0. The summed E-state index contributed by atoms with van der Waals surface area (Å²) in [6.07, 6.45) is 2.82. The third kappa shape index (κ3) is 5.31. The molecule has 3 N–H and O–H groups in total. The topological polar surface area (TPSA) is 85.8 Å². The van der Waals surface area contributed by atoms with Crippen molar-refractivity contribution in [3.8, 4) is 21.7 Å². The van der Waals surface area contributed by atoms with Crippen LogP contribution in [0.3, 0.4) is 0 Å². The second-order valence-corrected chi connectivity index (χ2v) is 9.36. The summed E-state index contributed by atoms with van der Waals surface area (Å²) in [5, 5.41) is 13.5. The molecule has 0 unspecified atom stereocenters. The van der Waals surface area contributed by atoms with E-state index in [1.165, 1.54) is 11.1 Å². The normalized spacial score (nSPS) is 10.9. The molecule has 3 aromatic carbocycles. The predicted octanol–water partition coefficient (Wildman–Crippen LogP) is 6.06. The molecule has 0 bridgehead atoms. The van der Waals surface area contributed by atoms with E-state index in [1.54, 1.807) is 23.5 Å². The van der Waals surface area contributed by atoms with Crippen LogP contribution < -0.4 is 11.1 Å². The number of carbonyl (C=O) groups is 1. The summed E-state index contributed by atoms with van der Waals surface area (Å²) in [5.41, 5.74) is 13.0. The fraction of sp³-hybridized carbons (Fsp3) is 0.107. The first kappa shape index (κ1) is 22.6. The van der Waals surface area contributed by atoms with Crippen molar-refractivity contribution in [3.05, 3.63) is 107 Å².